The molecule has 1 saturated heterocycles. The maximum absolute atomic E-state index is 12.7. The number of phenolic OH excluding ortho intramolecular Hbond substituents is 1. The second kappa shape index (κ2) is 6.92. The summed E-state index contributed by atoms with van der Waals surface area (Å²) in [5.74, 6) is 0.781. The predicted molar refractivity (Wildman–Crippen MR) is 99.0 cm³/mol. The van der Waals surface area contributed by atoms with Crippen molar-refractivity contribution in [2.24, 2.45) is 0 Å². The van der Waals surface area contributed by atoms with Crippen LogP contribution in [0.4, 0.5) is 0 Å². The van der Waals surface area contributed by atoms with Gasteiger partial charge in [-0.05, 0) is 56.1 Å². The molecule has 0 aliphatic carbocycles. The normalized spacial score (nSPS) is 21.7. The average Bonchev–Trinajstić information content (AvgIpc) is 2.96. The summed E-state index contributed by atoms with van der Waals surface area (Å²) in [7, 11) is 0. The van der Waals surface area contributed by atoms with E-state index in [1.165, 1.54) is 6.42 Å². The molecule has 5 heteroatoms. The summed E-state index contributed by atoms with van der Waals surface area (Å²) in [5, 5.41) is 10.4. The highest BCUT2D eigenvalue weighted by Crippen LogP contribution is 2.40. The minimum absolute atomic E-state index is 0.156. The van der Waals surface area contributed by atoms with Gasteiger partial charge in [0.1, 0.15) is 11.5 Å². The van der Waals surface area contributed by atoms with Crippen LogP contribution in [-0.2, 0) is 6.54 Å². The first kappa shape index (κ1) is 16.8. The Kier molecular flexibility index (Phi) is 4.47. The molecule has 0 amide bonds. The van der Waals surface area contributed by atoms with Crippen molar-refractivity contribution in [2.75, 3.05) is 6.54 Å². The number of nitrogens with zero attached hydrogens (tertiary/aromatic N) is 2. The molecule has 2 aliphatic heterocycles. The number of carbonyl (C=O) groups is 1. The van der Waals surface area contributed by atoms with E-state index in [1.807, 2.05) is 12.1 Å². The maximum Gasteiger partial charge on any atom is 0.231 e. The Hall–Kier alpha value is -2.66. The van der Waals surface area contributed by atoms with Gasteiger partial charge in [0.25, 0.3) is 0 Å². The number of aromatic hydroxyl groups is 1. The van der Waals surface area contributed by atoms with Gasteiger partial charge in [0.05, 0.1) is 11.1 Å². The van der Waals surface area contributed by atoms with Gasteiger partial charge in [0.2, 0.25) is 5.78 Å². The van der Waals surface area contributed by atoms with Crippen molar-refractivity contribution in [1.29, 1.82) is 0 Å². The number of ketones is 1. The molecule has 4 rings (SSSR count). The molecule has 0 spiro atoms. The number of hydrogen-bond donors (Lipinski definition) is 1. The van der Waals surface area contributed by atoms with E-state index in [1.54, 1.807) is 30.6 Å². The van der Waals surface area contributed by atoms with Crippen molar-refractivity contribution in [1.82, 2.24) is 9.88 Å². The van der Waals surface area contributed by atoms with E-state index in [9.17, 15) is 9.90 Å². The van der Waals surface area contributed by atoms with Gasteiger partial charge < -0.3 is 9.84 Å². The van der Waals surface area contributed by atoms with Crippen LogP contribution < -0.4 is 4.74 Å². The van der Waals surface area contributed by atoms with Crippen LogP contribution >= 0.6 is 0 Å². The molecule has 26 heavy (non-hydrogen) atoms. The number of carbonyl (C=O) groups excluding carboxylic acids is 1. The number of hydrogen-bond acceptors (Lipinski definition) is 5. The summed E-state index contributed by atoms with van der Waals surface area (Å²) >= 11 is 0. The minimum atomic E-state index is -0.156. The fourth-order valence-electron chi connectivity index (χ4n) is 3.66. The van der Waals surface area contributed by atoms with E-state index in [0.717, 1.165) is 24.9 Å². The number of ether oxygens (including phenoxy) is 1. The number of rotatable bonds is 3. The van der Waals surface area contributed by atoms with E-state index in [2.05, 4.69) is 16.8 Å². The molecular formula is C21H22N2O3. The number of fused-ring (bicyclic) bond motifs is 1. The molecule has 2 aromatic rings. The Labute approximate surface area is 152 Å². The summed E-state index contributed by atoms with van der Waals surface area (Å²) in [4.78, 5) is 19.1. The van der Waals surface area contributed by atoms with Crippen molar-refractivity contribution < 1.29 is 14.6 Å². The number of likely N-dealkylation sites (tertiary alicyclic amines) is 1. The van der Waals surface area contributed by atoms with Crippen LogP contribution in [0.5, 0.6) is 11.5 Å². The lowest BCUT2D eigenvalue weighted by Crippen LogP contribution is -2.36. The molecule has 1 aromatic carbocycles. The molecule has 0 saturated carbocycles. The Balaban J connectivity index is 1.66. The molecule has 1 N–H and O–H groups in total. The van der Waals surface area contributed by atoms with E-state index in [-0.39, 0.29) is 17.3 Å². The highest BCUT2D eigenvalue weighted by molar-refractivity contribution is 6.14. The molecule has 5 nitrogen and oxygen atoms in total. The van der Waals surface area contributed by atoms with E-state index >= 15 is 0 Å². The zero-order chi connectivity index (χ0) is 18.1. The van der Waals surface area contributed by atoms with Gasteiger partial charge >= 0.3 is 0 Å². The molecular weight excluding hydrogens is 328 g/mol. The first-order valence-corrected chi connectivity index (χ1v) is 9.06. The lowest BCUT2D eigenvalue weighted by molar-refractivity contribution is 0.101. The predicted octanol–water partition coefficient (Wildman–Crippen LogP) is 3.78. The number of benzene rings is 1. The van der Waals surface area contributed by atoms with Crippen molar-refractivity contribution in [3.63, 3.8) is 0 Å². The summed E-state index contributed by atoms with van der Waals surface area (Å²) in [6.45, 7) is 3.79. The zero-order valence-corrected chi connectivity index (χ0v) is 14.8. The van der Waals surface area contributed by atoms with Crippen molar-refractivity contribution in [3.8, 4) is 11.5 Å². The lowest BCUT2D eigenvalue weighted by atomic mass is 10.0. The van der Waals surface area contributed by atoms with Crippen molar-refractivity contribution in [3.05, 3.63) is 59.1 Å². The number of aromatic nitrogens is 1. The van der Waals surface area contributed by atoms with E-state index < -0.39 is 0 Å². The van der Waals surface area contributed by atoms with Gasteiger partial charge in [-0.15, -0.1) is 0 Å². The molecule has 0 unspecified atom stereocenters. The highest BCUT2D eigenvalue weighted by atomic mass is 16.5. The number of piperidine rings is 1. The second-order valence-corrected chi connectivity index (χ2v) is 6.98. The monoisotopic (exact) mass is 350 g/mol. The van der Waals surface area contributed by atoms with Crippen molar-refractivity contribution >= 4 is 11.9 Å². The topological polar surface area (TPSA) is 62.7 Å². The quantitative estimate of drug-likeness (QED) is 0.854. The number of pyridine rings is 1. The molecule has 1 atom stereocenters. The van der Waals surface area contributed by atoms with Crippen LogP contribution in [0.3, 0.4) is 0 Å². The molecule has 2 aliphatic rings. The third-order valence-corrected chi connectivity index (χ3v) is 5.20. The summed E-state index contributed by atoms with van der Waals surface area (Å²) in [6.07, 6.45) is 8.61. The Morgan fingerprint density at radius 3 is 3.00 bits per heavy atom. The van der Waals surface area contributed by atoms with Crippen LogP contribution in [-0.4, -0.2) is 33.4 Å². The largest absolute Gasteiger partial charge is 0.507 e. The molecule has 134 valence electrons. The number of Topliss-reactive ketones (excluding diaryl/α,β-unsaturated/α-hetero) is 1. The lowest BCUT2D eigenvalue weighted by Gasteiger charge is -2.33. The third-order valence-electron chi connectivity index (χ3n) is 5.20. The molecule has 0 radical (unpaired) electrons. The highest BCUT2D eigenvalue weighted by Gasteiger charge is 2.32. The van der Waals surface area contributed by atoms with Gasteiger partial charge in [-0.2, -0.15) is 0 Å². The van der Waals surface area contributed by atoms with Gasteiger partial charge in [-0.1, -0.05) is 12.5 Å². The fraction of sp³-hybridized carbons (Fsp3) is 0.333. The first-order valence-electron chi connectivity index (χ1n) is 9.06. The van der Waals surface area contributed by atoms with Gasteiger partial charge in [0, 0.05) is 25.0 Å². The van der Waals surface area contributed by atoms with Crippen LogP contribution in [0.1, 0.15) is 47.7 Å². The minimum Gasteiger partial charge on any atom is -0.507 e. The third kappa shape index (κ3) is 3.10. The molecule has 1 aromatic heterocycles. The SMILES string of the molecule is C[C@@H]1CCCCN1Cc1c(O)ccc2c1O/C(=C\c1cccnc1)C2=O. The maximum atomic E-state index is 12.7. The van der Waals surface area contributed by atoms with Crippen LogP contribution in [0.2, 0.25) is 0 Å². The summed E-state index contributed by atoms with van der Waals surface area (Å²) in [5.41, 5.74) is 2.01. The Morgan fingerprint density at radius 1 is 1.35 bits per heavy atom. The average molecular weight is 350 g/mol. The van der Waals surface area contributed by atoms with Crippen LogP contribution in [0, 0.1) is 0 Å². The molecule has 3 heterocycles. The van der Waals surface area contributed by atoms with Crippen LogP contribution in [0.15, 0.2) is 42.4 Å². The second-order valence-electron chi connectivity index (χ2n) is 6.98. The molecule has 0 bridgehead atoms. The smallest absolute Gasteiger partial charge is 0.231 e. The molecule has 1 fully saturated rings. The van der Waals surface area contributed by atoms with Gasteiger partial charge in [-0.3, -0.25) is 14.7 Å². The van der Waals surface area contributed by atoms with Crippen molar-refractivity contribution in [2.45, 2.75) is 38.8 Å². The Bertz CT molecular complexity index is 861. The van der Waals surface area contributed by atoms with Crippen LogP contribution in [0.25, 0.3) is 6.08 Å². The number of allylic oxidation sites excluding steroid dienone is 1. The van der Waals surface area contributed by atoms with Gasteiger partial charge in [-0.25, -0.2) is 0 Å². The van der Waals surface area contributed by atoms with Gasteiger partial charge in [0.15, 0.2) is 5.76 Å². The first-order chi connectivity index (χ1) is 12.6. The standard InChI is InChI=1S/C21H22N2O3/c1-14-5-2-3-10-23(14)13-17-18(24)8-7-16-20(25)19(26-21(16)17)11-15-6-4-9-22-12-15/h4,6-9,11-12,14,24H,2-3,5,10,13H2,1H3/b19-11-/t14-/m1/s1. The zero-order valence-electron chi connectivity index (χ0n) is 14.8. The fourth-order valence-corrected chi connectivity index (χ4v) is 3.66. The van der Waals surface area contributed by atoms with E-state index in [0.29, 0.717) is 29.5 Å². The number of phenols is 1. The Morgan fingerprint density at radius 2 is 2.23 bits per heavy atom. The van der Waals surface area contributed by atoms with E-state index in [4.69, 9.17) is 4.74 Å². The summed E-state index contributed by atoms with van der Waals surface area (Å²) < 4.78 is 5.91. The summed E-state index contributed by atoms with van der Waals surface area (Å²) in [6, 6.07) is 7.38.